The SMILES string of the molecule is Nc1nnc(COCC2CCCO2)s1. The molecule has 1 unspecified atom stereocenters. The van der Waals surface area contributed by atoms with E-state index in [9.17, 15) is 0 Å². The minimum atomic E-state index is 0.264. The molecule has 1 fully saturated rings. The summed E-state index contributed by atoms with van der Waals surface area (Å²) in [7, 11) is 0. The molecule has 1 aromatic rings. The molecule has 14 heavy (non-hydrogen) atoms. The van der Waals surface area contributed by atoms with E-state index in [1.807, 2.05) is 0 Å². The van der Waals surface area contributed by atoms with E-state index in [0.29, 0.717) is 18.3 Å². The van der Waals surface area contributed by atoms with Crippen molar-refractivity contribution >= 4 is 16.5 Å². The van der Waals surface area contributed by atoms with E-state index in [1.54, 1.807) is 0 Å². The predicted molar refractivity (Wildman–Crippen MR) is 53.0 cm³/mol. The molecule has 78 valence electrons. The summed E-state index contributed by atoms with van der Waals surface area (Å²) in [5.41, 5.74) is 5.44. The average molecular weight is 215 g/mol. The minimum Gasteiger partial charge on any atom is -0.376 e. The maximum atomic E-state index is 5.44. The second kappa shape index (κ2) is 4.68. The Morgan fingerprint density at radius 3 is 3.14 bits per heavy atom. The highest BCUT2D eigenvalue weighted by atomic mass is 32.1. The zero-order valence-corrected chi connectivity index (χ0v) is 8.63. The van der Waals surface area contributed by atoms with Crippen LogP contribution in [0.15, 0.2) is 0 Å². The molecule has 0 aromatic carbocycles. The molecule has 0 saturated carbocycles. The van der Waals surface area contributed by atoms with Crippen molar-refractivity contribution in [1.82, 2.24) is 10.2 Å². The Morgan fingerprint density at radius 2 is 2.50 bits per heavy atom. The molecular weight excluding hydrogens is 202 g/mol. The molecule has 1 aromatic heterocycles. The second-order valence-electron chi connectivity index (χ2n) is 3.18. The molecular formula is C8H13N3O2S. The molecule has 2 N–H and O–H groups in total. The van der Waals surface area contributed by atoms with Crippen molar-refractivity contribution in [3.8, 4) is 0 Å². The summed E-state index contributed by atoms with van der Waals surface area (Å²) in [6, 6.07) is 0. The van der Waals surface area contributed by atoms with Gasteiger partial charge in [-0.3, -0.25) is 0 Å². The summed E-state index contributed by atoms with van der Waals surface area (Å²) in [6.45, 7) is 1.98. The molecule has 0 bridgehead atoms. The summed E-state index contributed by atoms with van der Waals surface area (Å²) in [5.74, 6) is 0. The van der Waals surface area contributed by atoms with E-state index in [-0.39, 0.29) is 6.10 Å². The van der Waals surface area contributed by atoms with Crippen LogP contribution in [-0.4, -0.2) is 29.5 Å². The van der Waals surface area contributed by atoms with E-state index in [2.05, 4.69) is 10.2 Å². The topological polar surface area (TPSA) is 70.3 Å². The summed E-state index contributed by atoms with van der Waals surface area (Å²) in [5, 5.41) is 8.87. The molecule has 6 heteroatoms. The Balaban J connectivity index is 1.67. The molecule has 2 heterocycles. The van der Waals surface area contributed by atoms with Gasteiger partial charge in [-0.15, -0.1) is 10.2 Å². The number of ether oxygens (including phenoxy) is 2. The van der Waals surface area contributed by atoms with Gasteiger partial charge in [0.15, 0.2) is 0 Å². The molecule has 0 amide bonds. The standard InChI is InChI=1S/C8H13N3O2S/c9-8-11-10-7(14-8)5-12-4-6-2-1-3-13-6/h6H,1-5H2,(H2,9,11). The lowest BCUT2D eigenvalue weighted by atomic mass is 10.2. The Morgan fingerprint density at radius 1 is 1.57 bits per heavy atom. The first-order valence-electron chi connectivity index (χ1n) is 4.62. The van der Waals surface area contributed by atoms with Crippen molar-refractivity contribution < 1.29 is 9.47 Å². The van der Waals surface area contributed by atoms with Gasteiger partial charge in [0.1, 0.15) is 11.6 Å². The van der Waals surface area contributed by atoms with Gasteiger partial charge in [-0.25, -0.2) is 0 Å². The van der Waals surface area contributed by atoms with Crippen molar-refractivity contribution in [3.05, 3.63) is 5.01 Å². The molecule has 1 aliphatic heterocycles. The number of nitrogens with zero attached hydrogens (tertiary/aromatic N) is 2. The number of nitrogen functional groups attached to an aromatic ring is 1. The van der Waals surface area contributed by atoms with Crippen LogP contribution in [0.5, 0.6) is 0 Å². The summed E-state index contributed by atoms with van der Waals surface area (Å²) in [4.78, 5) is 0. The fraction of sp³-hybridized carbons (Fsp3) is 0.750. The molecule has 1 aliphatic rings. The highest BCUT2D eigenvalue weighted by Crippen LogP contribution is 2.15. The fourth-order valence-electron chi connectivity index (χ4n) is 1.38. The minimum absolute atomic E-state index is 0.264. The largest absolute Gasteiger partial charge is 0.376 e. The van der Waals surface area contributed by atoms with Gasteiger partial charge < -0.3 is 15.2 Å². The lowest BCUT2D eigenvalue weighted by Crippen LogP contribution is -2.13. The molecule has 0 radical (unpaired) electrons. The van der Waals surface area contributed by atoms with Crippen molar-refractivity contribution in [1.29, 1.82) is 0 Å². The van der Waals surface area contributed by atoms with Crippen molar-refractivity contribution in [2.24, 2.45) is 0 Å². The second-order valence-corrected chi connectivity index (χ2v) is 4.28. The number of aromatic nitrogens is 2. The highest BCUT2D eigenvalue weighted by molar-refractivity contribution is 7.15. The van der Waals surface area contributed by atoms with Gasteiger partial charge in [-0.2, -0.15) is 0 Å². The summed E-state index contributed by atoms with van der Waals surface area (Å²) >= 11 is 1.36. The summed E-state index contributed by atoms with van der Waals surface area (Å²) < 4.78 is 10.9. The van der Waals surface area contributed by atoms with Crippen molar-refractivity contribution in [3.63, 3.8) is 0 Å². The van der Waals surface area contributed by atoms with Crippen LogP contribution in [0.3, 0.4) is 0 Å². The van der Waals surface area contributed by atoms with Crippen molar-refractivity contribution in [2.75, 3.05) is 18.9 Å². The van der Waals surface area contributed by atoms with E-state index >= 15 is 0 Å². The van der Waals surface area contributed by atoms with E-state index < -0.39 is 0 Å². The zero-order chi connectivity index (χ0) is 9.80. The molecule has 0 spiro atoms. The first-order chi connectivity index (χ1) is 6.84. The van der Waals surface area contributed by atoms with Crippen LogP contribution in [0, 0.1) is 0 Å². The van der Waals surface area contributed by atoms with Crippen LogP contribution >= 0.6 is 11.3 Å². The first kappa shape index (κ1) is 9.82. The Labute approximate surface area is 86.2 Å². The highest BCUT2D eigenvalue weighted by Gasteiger charge is 2.15. The quantitative estimate of drug-likeness (QED) is 0.805. The normalized spacial score (nSPS) is 21.6. The third kappa shape index (κ3) is 2.63. The number of hydrogen-bond acceptors (Lipinski definition) is 6. The predicted octanol–water partition coefficient (Wildman–Crippen LogP) is 0.816. The number of hydrogen-bond donors (Lipinski definition) is 1. The summed E-state index contributed by atoms with van der Waals surface area (Å²) in [6.07, 6.45) is 2.50. The van der Waals surface area contributed by atoms with Gasteiger partial charge in [0, 0.05) is 6.61 Å². The van der Waals surface area contributed by atoms with Crippen molar-refractivity contribution in [2.45, 2.75) is 25.6 Å². The van der Waals surface area contributed by atoms with Gasteiger partial charge in [0.05, 0.1) is 12.7 Å². The number of rotatable bonds is 4. The Hall–Kier alpha value is -0.720. The average Bonchev–Trinajstić information content (AvgIpc) is 2.77. The van der Waals surface area contributed by atoms with Crippen LogP contribution in [0.4, 0.5) is 5.13 Å². The first-order valence-corrected chi connectivity index (χ1v) is 5.43. The maximum absolute atomic E-state index is 5.44. The van der Waals surface area contributed by atoms with Gasteiger partial charge in [-0.05, 0) is 12.8 Å². The third-order valence-electron chi connectivity index (χ3n) is 2.04. The Kier molecular flexibility index (Phi) is 3.28. The molecule has 1 atom stereocenters. The van der Waals surface area contributed by atoms with Crippen LogP contribution in [0.25, 0.3) is 0 Å². The molecule has 0 aliphatic carbocycles. The van der Waals surface area contributed by atoms with E-state index in [0.717, 1.165) is 24.5 Å². The van der Waals surface area contributed by atoms with Gasteiger partial charge in [0.2, 0.25) is 5.13 Å². The monoisotopic (exact) mass is 215 g/mol. The fourth-order valence-corrected chi connectivity index (χ4v) is 1.93. The van der Waals surface area contributed by atoms with E-state index in [4.69, 9.17) is 15.2 Å². The Bertz CT molecular complexity index is 286. The smallest absolute Gasteiger partial charge is 0.203 e. The molecule has 2 rings (SSSR count). The lowest BCUT2D eigenvalue weighted by molar-refractivity contribution is 0.0104. The molecule has 1 saturated heterocycles. The van der Waals surface area contributed by atoms with Crippen LogP contribution in [0.1, 0.15) is 17.8 Å². The van der Waals surface area contributed by atoms with Crippen LogP contribution in [-0.2, 0) is 16.1 Å². The zero-order valence-electron chi connectivity index (χ0n) is 7.81. The maximum Gasteiger partial charge on any atom is 0.203 e. The van der Waals surface area contributed by atoms with Gasteiger partial charge >= 0.3 is 0 Å². The van der Waals surface area contributed by atoms with E-state index in [1.165, 1.54) is 11.3 Å². The number of nitrogens with two attached hydrogens (primary N) is 1. The van der Waals surface area contributed by atoms with Crippen LogP contribution < -0.4 is 5.73 Å². The van der Waals surface area contributed by atoms with Crippen LogP contribution in [0.2, 0.25) is 0 Å². The van der Waals surface area contributed by atoms with Gasteiger partial charge in [-0.1, -0.05) is 11.3 Å². The third-order valence-corrected chi connectivity index (χ3v) is 2.76. The van der Waals surface area contributed by atoms with Gasteiger partial charge in [0.25, 0.3) is 0 Å². The lowest BCUT2D eigenvalue weighted by Gasteiger charge is -2.08. The molecule has 5 nitrogen and oxygen atoms in total. The number of anilines is 1.